The Morgan fingerprint density at radius 1 is 1.23 bits per heavy atom. The third-order valence-corrected chi connectivity index (χ3v) is 8.16. The summed E-state index contributed by atoms with van der Waals surface area (Å²) in [6.45, 7) is 2.20. The van der Waals surface area contributed by atoms with Gasteiger partial charge in [0.2, 0.25) is 5.72 Å². The molecule has 2 bridgehead atoms. The molecule has 1 aromatic heterocycles. The van der Waals surface area contributed by atoms with Gasteiger partial charge in [0.25, 0.3) is 0 Å². The van der Waals surface area contributed by atoms with Crippen LogP contribution in [0.15, 0.2) is 46.0 Å². The summed E-state index contributed by atoms with van der Waals surface area (Å²) < 4.78 is 12.6. The van der Waals surface area contributed by atoms with Gasteiger partial charge >= 0.3 is 0 Å². The van der Waals surface area contributed by atoms with Crippen LogP contribution in [-0.2, 0) is 11.8 Å². The number of fused-ring (bicyclic) bond motifs is 9. The van der Waals surface area contributed by atoms with Crippen molar-refractivity contribution in [1.29, 1.82) is 0 Å². The molecule has 2 aromatic carbocycles. The molecule has 3 N–H and O–H groups in total. The van der Waals surface area contributed by atoms with Crippen molar-refractivity contribution in [2.75, 3.05) is 11.1 Å². The van der Waals surface area contributed by atoms with Gasteiger partial charge in [-0.1, -0.05) is 25.5 Å². The number of nitrogens with zero attached hydrogens (tertiary/aromatic N) is 1. The molecule has 152 valence electrons. The Morgan fingerprint density at radius 3 is 2.97 bits per heavy atom. The van der Waals surface area contributed by atoms with Gasteiger partial charge in [-0.15, -0.1) is 0 Å². The number of hydrogen-bond acceptors (Lipinski definition) is 5. The Bertz CT molecular complexity index is 1240. The number of aryl methyl sites for hydroxylation is 1. The first-order valence-corrected chi connectivity index (χ1v) is 11.1. The zero-order valence-electron chi connectivity index (χ0n) is 17.1. The first-order valence-electron chi connectivity index (χ1n) is 11.1. The van der Waals surface area contributed by atoms with E-state index in [4.69, 9.17) is 19.9 Å². The second kappa shape index (κ2) is 5.39. The number of nitrogens with two attached hydrogens (primary N) is 1. The van der Waals surface area contributed by atoms with Crippen LogP contribution in [0.3, 0.4) is 0 Å². The highest BCUT2D eigenvalue weighted by Crippen LogP contribution is 2.66. The van der Waals surface area contributed by atoms with E-state index in [1.54, 1.807) is 6.26 Å². The summed E-state index contributed by atoms with van der Waals surface area (Å²) in [7, 11) is 0. The standard InChI is InChI=1S/C25H25N3O2/c1-2-14-4-6-18-20(10-14)28-25(24(18)12-15-3-5-16(24)9-15)13-27-22-19(26)11-21-17(7-8-29-21)23(22)30-25/h4,6-8,10-11,13,15-16,28H,2-3,5,9,12,26H2,1H3. The summed E-state index contributed by atoms with van der Waals surface area (Å²) in [6.07, 6.45) is 9.72. The Hall–Kier alpha value is -2.95. The van der Waals surface area contributed by atoms with Crippen molar-refractivity contribution in [1.82, 2.24) is 0 Å². The third kappa shape index (κ3) is 1.83. The van der Waals surface area contributed by atoms with Crippen LogP contribution < -0.4 is 15.8 Å². The van der Waals surface area contributed by atoms with Crippen molar-refractivity contribution in [2.24, 2.45) is 16.8 Å². The van der Waals surface area contributed by atoms with Gasteiger partial charge in [0.15, 0.2) is 5.75 Å². The number of nitrogens with one attached hydrogen (secondary N) is 1. The molecule has 30 heavy (non-hydrogen) atoms. The van der Waals surface area contributed by atoms with E-state index < -0.39 is 5.72 Å². The van der Waals surface area contributed by atoms with E-state index in [9.17, 15) is 0 Å². The van der Waals surface area contributed by atoms with Crippen LogP contribution in [0.25, 0.3) is 11.0 Å². The molecule has 3 heterocycles. The largest absolute Gasteiger partial charge is 0.464 e. The number of hydrogen-bond donors (Lipinski definition) is 2. The van der Waals surface area contributed by atoms with Gasteiger partial charge in [0.05, 0.1) is 29.0 Å². The molecule has 5 nitrogen and oxygen atoms in total. The number of furan rings is 1. The smallest absolute Gasteiger partial charge is 0.227 e. The van der Waals surface area contributed by atoms with Gasteiger partial charge in [-0.3, -0.25) is 0 Å². The van der Waals surface area contributed by atoms with Crippen molar-refractivity contribution >= 4 is 34.2 Å². The number of ether oxygens (including phenoxy) is 1. The van der Waals surface area contributed by atoms with Crippen molar-refractivity contribution in [3.05, 3.63) is 47.7 Å². The molecular weight excluding hydrogens is 374 g/mol. The second-order valence-corrected chi connectivity index (χ2v) is 9.48. The molecular formula is C25H25N3O2. The van der Waals surface area contributed by atoms with E-state index in [-0.39, 0.29) is 5.41 Å². The number of nitrogen functional groups attached to an aromatic ring is 1. The molecule has 5 heteroatoms. The van der Waals surface area contributed by atoms with Crippen LogP contribution in [0.1, 0.15) is 43.7 Å². The van der Waals surface area contributed by atoms with Gasteiger partial charge in [-0.25, -0.2) is 4.99 Å². The second-order valence-electron chi connectivity index (χ2n) is 9.48. The van der Waals surface area contributed by atoms with E-state index in [0.717, 1.165) is 35.5 Å². The van der Waals surface area contributed by atoms with Crippen LogP contribution in [0, 0.1) is 11.8 Å². The molecule has 2 aliphatic carbocycles. The summed E-state index contributed by atoms with van der Waals surface area (Å²) in [5.41, 5.74) is 11.5. The Morgan fingerprint density at radius 2 is 2.17 bits per heavy atom. The van der Waals surface area contributed by atoms with Gasteiger partial charge in [0, 0.05) is 11.8 Å². The fourth-order valence-corrected chi connectivity index (χ4v) is 6.86. The van der Waals surface area contributed by atoms with Crippen molar-refractivity contribution in [3.63, 3.8) is 0 Å². The van der Waals surface area contributed by atoms with E-state index in [1.165, 1.54) is 36.1 Å². The van der Waals surface area contributed by atoms with E-state index >= 15 is 0 Å². The Labute approximate surface area is 175 Å². The summed E-state index contributed by atoms with van der Waals surface area (Å²) in [5.74, 6) is 2.09. The highest BCUT2D eigenvalue weighted by atomic mass is 16.5. The first-order chi connectivity index (χ1) is 14.6. The molecule has 4 atom stereocenters. The molecule has 2 fully saturated rings. The minimum absolute atomic E-state index is 0.0978. The highest BCUT2D eigenvalue weighted by Gasteiger charge is 2.68. The monoisotopic (exact) mass is 399 g/mol. The lowest BCUT2D eigenvalue weighted by atomic mass is 9.63. The fraction of sp³-hybridized carbons (Fsp3) is 0.400. The van der Waals surface area contributed by atoms with E-state index in [1.807, 2.05) is 18.3 Å². The minimum Gasteiger partial charge on any atom is -0.464 e. The quantitative estimate of drug-likeness (QED) is 0.526. The van der Waals surface area contributed by atoms with Gasteiger partial charge < -0.3 is 20.2 Å². The van der Waals surface area contributed by atoms with Crippen molar-refractivity contribution in [2.45, 2.75) is 50.2 Å². The fourth-order valence-electron chi connectivity index (χ4n) is 6.86. The van der Waals surface area contributed by atoms with Gasteiger partial charge in [-0.2, -0.15) is 0 Å². The lowest BCUT2D eigenvalue weighted by Crippen LogP contribution is -2.61. The summed E-state index contributed by atoms with van der Waals surface area (Å²) in [6, 6.07) is 10.7. The lowest BCUT2D eigenvalue weighted by Gasteiger charge is -2.47. The SMILES string of the molecule is CCc1ccc2c(c1)NC1(C=Nc3c(N)cc4occc4c3O1)C21CC2CCC1C2. The van der Waals surface area contributed by atoms with E-state index in [0.29, 0.717) is 17.3 Å². The average molecular weight is 399 g/mol. The molecule has 7 rings (SSSR count). The third-order valence-electron chi connectivity index (χ3n) is 8.16. The molecule has 2 spiro atoms. The van der Waals surface area contributed by atoms with Gasteiger partial charge in [-0.05, 0) is 60.8 Å². The molecule has 2 saturated carbocycles. The Balaban J connectivity index is 1.47. The topological polar surface area (TPSA) is 72.8 Å². The zero-order chi connectivity index (χ0) is 20.1. The van der Waals surface area contributed by atoms with Crippen LogP contribution in [0.5, 0.6) is 5.75 Å². The zero-order valence-corrected chi connectivity index (χ0v) is 17.1. The van der Waals surface area contributed by atoms with Crippen molar-refractivity contribution in [3.8, 4) is 5.75 Å². The van der Waals surface area contributed by atoms with Crippen LogP contribution >= 0.6 is 0 Å². The highest BCUT2D eigenvalue weighted by molar-refractivity contribution is 5.99. The van der Waals surface area contributed by atoms with Crippen LogP contribution in [0.2, 0.25) is 0 Å². The summed E-state index contributed by atoms with van der Waals surface area (Å²) in [4.78, 5) is 4.91. The van der Waals surface area contributed by atoms with Crippen LogP contribution in [0.4, 0.5) is 17.1 Å². The maximum atomic E-state index is 6.98. The number of anilines is 2. The predicted octanol–water partition coefficient (Wildman–Crippen LogP) is 5.55. The minimum atomic E-state index is -0.688. The predicted molar refractivity (Wildman–Crippen MR) is 119 cm³/mol. The normalized spacial score (nSPS) is 32.6. The molecule has 0 amide bonds. The molecule has 4 aliphatic rings. The molecule has 2 aliphatic heterocycles. The van der Waals surface area contributed by atoms with Crippen LogP contribution in [-0.4, -0.2) is 11.9 Å². The van der Waals surface area contributed by atoms with Crippen molar-refractivity contribution < 1.29 is 9.15 Å². The maximum Gasteiger partial charge on any atom is 0.227 e. The van der Waals surface area contributed by atoms with E-state index in [2.05, 4.69) is 30.4 Å². The molecule has 4 unspecified atom stereocenters. The molecule has 0 radical (unpaired) electrons. The average Bonchev–Trinajstić information content (AvgIpc) is 3.52. The molecule has 3 aromatic rings. The Kier molecular flexibility index (Phi) is 3.02. The molecule has 0 saturated heterocycles. The van der Waals surface area contributed by atoms with Gasteiger partial charge in [0.1, 0.15) is 11.3 Å². The lowest BCUT2D eigenvalue weighted by molar-refractivity contribution is 0.0494. The number of rotatable bonds is 1. The first kappa shape index (κ1) is 16.8. The summed E-state index contributed by atoms with van der Waals surface area (Å²) in [5, 5.41) is 4.75. The maximum absolute atomic E-state index is 6.98. The summed E-state index contributed by atoms with van der Waals surface area (Å²) >= 11 is 0. The number of aliphatic imine (C=N–C) groups is 1. The number of benzene rings is 2.